The maximum atomic E-state index is 12.1. The Kier molecular flexibility index (Phi) is 4.26. The van der Waals surface area contributed by atoms with Gasteiger partial charge in [0.2, 0.25) is 5.91 Å². The van der Waals surface area contributed by atoms with Crippen LogP contribution in [0.15, 0.2) is 5.38 Å². The summed E-state index contributed by atoms with van der Waals surface area (Å²) < 4.78 is 0. The van der Waals surface area contributed by atoms with E-state index in [4.69, 9.17) is 0 Å². The van der Waals surface area contributed by atoms with Crippen LogP contribution in [0, 0.1) is 5.41 Å². The highest BCUT2D eigenvalue weighted by atomic mass is 32.1. The minimum absolute atomic E-state index is 0.184. The molecule has 2 atom stereocenters. The molecule has 1 fully saturated rings. The summed E-state index contributed by atoms with van der Waals surface area (Å²) in [5.41, 5.74) is -0.755. The molecule has 21 heavy (non-hydrogen) atoms. The molecule has 2 rings (SSSR count). The van der Waals surface area contributed by atoms with Crippen molar-refractivity contribution in [2.24, 2.45) is 5.41 Å². The molecule has 1 heterocycles. The average Bonchev–Trinajstić information content (AvgIpc) is 2.97. The number of carboxylic acid groups (broad SMARTS) is 1. The Labute approximate surface area is 125 Å². The third-order valence-corrected chi connectivity index (χ3v) is 4.53. The fraction of sp³-hybridized carbons (Fsp3) is 0.538. The monoisotopic (exact) mass is 311 g/mol. The zero-order chi connectivity index (χ0) is 15.6. The Morgan fingerprint density at radius 1 is 1.48 bits per heavy atom. The highest BCUT2D eigenvalue weighted by Gasteiger charge is 2.46. The molecule has 2 amide bonds. The highest BCUT2D eigenvalue weighted by Crippen LogP contribution is 2.38. The molecular formula is C13H17N3O4S. The van der Waals surface area contributed by atoms with Gasteiger partial charge in [0.05, 0.1) is 5.41 Å². The van der Waals surface area contributed by atoms with Crippen molar-refractivity contribution in [3.05, 3.63) is 11.1 Å². The summed E-state index contributed by atoms with van der Waals surface area (Å²) in [4.78, 5) is 38.4. The molecular weight excluding hydrogens is 294 g/mol. The molecule has 2 unspecified atom stereocenters. The van der Waals surface area contributed by atoms with Crippen molar-refractivity contribution in [1.82, 2.24) is 10.3 Å². The van der Waals surface area contributed by atoms with Gasteiger partial charge in [-0.25, -0.2) is 4.98 Å². The van der Waals surface area contributed by atoms with Crippen LogP contribution in [0.3, 0.4) is 0 Å². The first-order chi connectivity index (χ1) is 9.83. The molecule has 3 N–H and O–H groups in total. The second-order valence-electron chi connectivity index (χ2n) is 5.36. The topological polar surface area (TPSA) is 108 Å². The van der Waals surface area contributed by atoms with E-state index < -0.39 is 23.3 Å². The molecule has 0 bridgehead atoms. The lowest BCUT2D eigenvalue weighted by Gasteiger charge is -2.27. The van der Waals surface area contributed by atoms with Crippen molar-refractivity contribution < 1.29 is 19.5 Å². The summed E-state index contributed by atoms with van der Waals surface area (Å²) in [5, 5.41) is 16.4. The third kappa shape index (κ3) is 3.21. The molecule has 1 aliphatic carbocycles. The van der Waals surface area contributed by atoms with Crippen molar-refractivity contribution in [2.45, 2.75) is 39.2 Å². The number of rotatable bonds is 4. The zero-order valence-corrected chi connectivity index (χ0v) is 12.6. The number of carbonyl (C=O) groups is 3. The number of carbonyl (C=O) groups excluding carboxylic acids is 2. The summed E-state index contributed by atoms with van der Waals surface area (Å²) in [5.74, 6) is -1.57. The number of aliphatic carboxylic acids is 1. The molecule has 1 saturated carbocycles. The van der Waals surface area contributed by atoms with E-state index in [0.717, 1.165) is 17.8 Å². The fourth-order valence-electron chi connectivity index (χ4n) is 2.47. The number of carboxylic acids is 1. The summed E-state index contributed by atoms with van der Waals surface area (Å²) in [6.07, 6.45) is 1.95. The summed E-state index contributed by atoms with van der Waals surface area (Å²) in [7, 11) is 0. The van der Waals surface area contributed by atoms with Gasteiger partial charge in [-0.05, 0) is 19.8 Å². The summed E-state index contributed by atoms with van der Waals surface area (Å²) in [6, 6.07) is -0.409. The molecule has 1 aromatic rings. The quantitative estimate of drug-likeness (QED) is 0.780. The van der Waals surface area contributed by atoms with Gasteiger partial charge >= 0.3 is 5.97 Å². The van der Waals surface area contributed by atoms with E-state index in [1.807, 2.05) is 0 Å². The van der Waals surface area contributed by atoms with Crippen molar-refractivity contribution in [1.29, 1.82) is 0 Å². The number of anilines is 1. The maximum absolute atomic E-state index is 12.1. The molecule has 0 aromatic carbocycles. The van der Waals surface area contributed by atoms with Crippen molar-refractivity contribution in [2.75, 3.05) is 5.32 Å². The third-order valence-electron chi connectivity index (χ3n) is 3.77. The molecule has 0 saturated heterocycles. The lowest BCUT2D eigenvalue weighted by Crippen LogP contribution is -2.47. The van der Waals surface area contributed by atoms with E-state index in [2.05, 4.69) is 15.6 Å². The summed E-state index contributed by atoms with van der Waals surface area (Å²) in [6.45, 7) is 3.01. The normalized spacial score (nSPS) is 24.6. The standard InChI is InChI=1S/C13H17N3O4S/c1-7(17)14-12-15-8(6-21-12)10(18)16-9-4-3-5-13(9,2)11(19)20/h6,9H,3-5H2,1-2H3,(H,16,18)(H,19,20)(H,14,15,17). The number of nitrogens with one attached hydrogen (secondary N) is 2. The predicted octanol–water partition coefficient (Wildman–Crippen LogP) is 1.47. The van der Waals surface area contributed by atoms with E-state index in [-0.39, 0.29) is 11.6 Å². The van der Waals surface area contributed by atoms with E-state index in [0.29, 0.717) is 18.0 Å². The number of nitrogens with zero attached hydrogens (tertiary/aromatic N) is 1. The first-order valence-corrected chi connectivity index (χ1v) is 7.48. The van der Waals surface area contributed by atoms with E-state index in [1.165, 1.54) is 12.3 Å². The van der Waals surface area contributed by atoms with Crippen LogP contribution in [0.2, 0.25) is 0 Å². The van der Waals surface area contributed by atoms with Gasteiger partial charge in [0.1, 0.15) is 5.69 Å². The van der Waals surface area contributed by atoms with Gasteiger partial charge in [0.25, 0.3) is 5.91 Å². The first-order valence-electron chi connectivity index (χ1n) is 6.60. The van der Waals surface area contributed by atoms with E-state index >= 15 is 0 Å². The Hall–Kier alpha value is -1.96. The Morgan fingerprint density at radius 2 is 2.19 bits per heavy atom. The van der Waals surface area contributed by atoms with Crippen molar-refractivity contribution in [3.63, 3.8) is 0 Å². The molecule has 0 spiro atoms. The van der Waals surface area contributed by atoms with Gasteiger partial charge in [-0.3, -0.25) is 14.4 Å². The van der Waals surface area contributed by atoms with Gasteiger partial charge in [0, 0.05) is 18.3 Å². The van der Waals surface area contributed by atoms with Crippen LogP contribution < -0.4 is 10.6 Å². The lowest BCUT2D eigenvalue weighted by atomic mass is 9.85. The predicted molar refractivity (Wildman–Crippen MR) is 77.3 cm³/mol. The second kappa shape index (κ2) is 5.80. The van der Waals surface area contributed by atoms with Crippen LogP contribution in [0.25, 0.3) is 0 Å². The van der Waals surface area contributed by atoms with Crippen LogP contribution in [0.5, 0.6) is 0 Å². The maximum Gasteiger partial charge on any atom is 0.311 e. The highest BCUT2D eigenvalue weighted by molar-refractivity contribution is 7.14. The number of aromatic nitrogens is 1. The van der Waals surface area contributed by atoms with E-state index in [1.54, 1.807) is 6.92 Å². The number of hydrogen-bond acceptors (Lipinski definition) is 5. The fourth-order valence-corrected chi connectivity index (χ4v) is 3.21. The molecule has 1 aromatic heterocycles. The zero-order valence-electron chi connectivity index (χ0n) is 11.8. The SMILES string of the molecule is CC(=O)Nc1nc(C(=O)NC2CCCC2(C)C(=O)O)cs1. The van der Waals surface area contributed by atoms with Crippen LogP contribution in [-0.4, -0.2) is 33.9 Å². The molecule has 1 aliphatic rings. The molecule has 7 nitrogen and oxygen atoms in total. The van der Waals surface area contributed by atoms with Gasteiger partial charge in [-0.15, -0.1) is 11.3 Å². The molecule has 8 heteroatoms. The minimum Gasteiger partial charge on any atom is -0.481 e. The number of thiazole rings is 1. The second-order valence-corrected chi connectivity index (χ2v) is 6.22. The van der Waals surface area contributed by atoms with E-state index in [9.17, 15) is 19.5 Å². The smallest absolute Gasteiger partial charge is 0.311 e. The molecule has 0 radical (unpaired) electrons. The van der Waals surface area contributed by atoms with Crippen LogP contribution in [0.1, 0.15) is 43.6 Å². The average molecular weight is 311 g/mol. The number of amides is 2. The van der Waals surface area contributed by atoms with Gasteiger partial charge in [-0.2, -0.15) is 0 Å². The Bertz CT molecular complexity index is 586. The Morgan fingerprint density at radius 3 is 2.81 bits per heavy atom. The number of hydrogen-bond donors (Lipinski definition) is 3. The first kappa shape index (κ1) is 15.4. The van der Waals surface area contributed by atoms with Gasteiger partial charge < -0.3 is 15.7 Å². The largest absolute Gasteiger partial charge is 0.481 e. The molecule has 114 valence electrons. The minimum atomic E-state index is -0.938. The van der Waals surface area contributed by atoms with Crippen molar-refractivity contribution >= 4 is 34.3 Å². The van der Waals surface area contributed by atoms with Gasteiger partial charge in [-0.1, -0.05) is 6.42 Å². The van der Waals surface area contributed by atoms with Crippen LogP contribution in [-0.2, 0) is 9.59 Å². The lowest BCUT2D eigenvalue weighted by molar-refractivity contribution is -0.148. The summed E-state index contributed by atoms with van der Waals surface area (Å²) >= 11 is 1.15. The molecule has 0 aliphatic heterocycles. The Balaban J connectivity index is 2.06. The van der Waals surface area contributed by atoms with Crippen molar-refractivity contribution in [3.8, 4) is 0 Å². The van der Waals surface area contributed by atoms with Gasteiger partial charge in [0.15, 0.2) is 5.13 Å². The van der Waals surface area contributed by atoms with Crippen LogP contribution in [0.4, 0.5) is 5.13 Å². The van der Waals surface area contributed by atoms with Crippen LogP contribution >= 0.6 is 11.3 Å².